The number of nitrogens with zero attached hydrogens (tertiary/aromatic N) is 2. The van der Waals surface area contributed by atoms with Gasteiger partial charge in [-0.2, -0.15) is 0 Å². The molecule has 0 unspecified atom stereocenters. The van der Waals surface area contributed by atoms with Gasteiger partial charge in [-0.05, 0) is 25.0 Å². The van der Waals surface area contributed by atoms with Crippen molar-refractivity contribution in [2.24, 2.45) is 0 Å². The van der Waals surface area contributed by atoms with Gasteiger partial charge in [-0.25, -0.2) is 8.42 Å². The Morgan fingerprint density at radius 3 is 2.65 bits per heavy atom. The van der Waals surface area contributed by atoms with Gasteiger partial charge < -0.3 is 19.2 Å². The average Bonchev–Trinajstić information content (AvgIpc) is 3.32. The molecule has 2 aromatic heterocycles. The maximum Gasteiger partial charge on any atom is 0.276 e. The molecule has 3 rings (SSSR count). The standard InChI is InChI=1S/C16H19N3O6S/c1-17-15(20)10-26(22,23)11-4-6-19(7-5-11)16(21)12-9-14(25-18-12)13-3-2-8-24-13/h2-3,8-9,11H,4-7,10H2,1H3,(H,17,20). The lowest BCUT2D eigenvalue weighted by molar-refractivity contribution is -0.118. The van der Waals surface area contributed by atoms with E-state index in [2.05, 4.69) is 10.5 Å². The molecule has 2 amide bonds. The number of sulfone groups is 1. The van der Waals surface area contributed by atoms with E-state index in [0.717, 1.165) is 0 Å². The van der Waals surface area contributed by atoms with Crippen molar-refractivity contribution in [1.29, 1.82) is 0 Å². The van der Waals surface area contributed by atoms with Crippen molar-refractivity contribution >= 4 is 21.7 Å². The molecule has 1 N–H and O–H groups in total. The molecule has 0 radical (unpaired) electrons. The first-order valence-electron chi connectivity index (χ1n) is 8.12. The summed E-state index contributed by atoms with van der Waals surface area (Å²) in [5, 5.41) is 5.46. The zero-order valence-corrected chi connectivity index (χ0v) is 15.0. The third kappa shape index (κ3) is 3.79. The highest BCUT2D eigenvalue weighted by atomic mass is 32.2. The molecule has 0 bridgehead atoms. The van der Waals surface area contributed by atoms with Crippen LogP contribution in [0.1, 0.15) is 23.3 Å². The highest BCUT2D eigenvalue weighted by molar-refractivity contribution is 7.92. The Balaban J connectivity index is 1.61. The van der Waals surface area contributed by atoms with Crippen LogP contribution in [0.4, 0.5) is 0 Å². The van der Waals surface area contributed by atoms with Gasteiger partial charge in [0, 0.05) is 26.2 Å². The molecule has 1 aliphatic rings. The topological polar surface area (TPSA) is 123 Å². The lowest BCUT2D eigenvalue weighted by Crippen LogP contribution is -2.44. The molecule has 1 aliphatic heterocycles. The molecule has 2 aromatic rings. The third-order valence-electron chi connectivity index (χ3n) is 4.34. The van der Waals surface area contributed by atoms with E-state index >= 15 is 0 Å². The highest BCUT2D eigenvalue weighted by Gasteiger charge is 2.33. The first kappa shape index (κ1) is 18.2. The number of hydrogen-bond acceptors (Lipinski definition) is 7. The Hall–Kier alpha value is -2.62. The average molecular weight is 381 g/mol. The van der Waals surface area contributed by atoms with E-state index in [-0.39, 0.29) is 37.5 Å². The molecule has 1 saturated heterocycles. The van der Waals surface area contributed by atoms with E-state index in [0.29, 0.717) is 11.5 Å². The zero-order valence-electron chi connectivity index (χ0n) is 14.2. The molecule has 1 fully saturated rings. The maximum absolute atomic E-state index is 12.5. The lowest BCUT2D eigenvalue weighted by Gasteiger charge is -2.31. The Morgan fingerprint density at radius 1 is 1.31 bits per heavy atom. The molecule has 0 aromatic carbocycles. The Morgan fingerprint density at radius 2 is 2.04 bits per heavy atom. The maximum atomic E-state index is 12.5. The number of aromatic nitrogens is 1. The quantitative estimate of drug-likeness (QED) is 0.809. The molecule has 0 atom stereocenters. The van der Waals surface area contributed by atoms with Crippen LogP contribution in [0, 0.1) is 0 Å². The van der Waals surface area contributed by atoms with Gasteiger partial charge in [0.05, 0.1) is 11.5 Å². The Kier molecular flexibility index (Phi) is 5.12. The number of likely N-dealkylation sites (tertiary alicyclic amines) is 1. The number of piperidine rings is 1. The van der Waals surface area contributed by atoms with Crippen molar-refractivity contribution in [3.8, 4) is 11.5 Å². The van der Waals surface area contributed by atoms with Crippen LogP contribution in [0.25, 0.3) is 11.5 Å². The summed E-state index contributed by atoms with van der Waals surface area (Å²) in [6.45, 7) is 0.554. The second-order valence-corrected chi connectivity index (χ2v) is 8.31. The van der Waals surface area contributed by atoms with Crippen LogP contribution in [0.2, 0.25) is 0 Å². The van der Waals surface area contributed by atoms with Crippen LogP contribution in [0.15, 0.2) is 33.4 Å². The first-order valence-corrected chi connectivity index (χ1v) is 9.84. The van der Waals surface area contributed by atoms with Crippen molar-refractivity contribution in [2.45, 2.75) is 18.1 Å². The zero-order chi connectivity index (χ0) is 18.7. The number of hydrogen-bond donors (Lipinski definition) is 1. The molecular weight excluding hydrogens is 362 g/mol. The van der Waals surface area contributed by atoms with E-state index in [4.69, 9.17) is 8.94 Å². The van der Waals surface area contributed by atoms with Gasteiger partial charge in [0.15, 0.2) is 21.3 Å². The lowest BCUT2D eigenvalue weighted by atomic mass is 10.1. The predicted molar refractivity (Wildman–Crippen MR) is 91.0 cm³/mol. The smallest absolute Gasteiger partial charge is 0.276 e. The van der Waals surface area contributed by atoms with Crippen LogP contribution < -0.4 is 5.32 Å². The number of amides is 2. The summed E-state index contributed by atoms with van der Waals surface area (Å²) >= 11 is 0. The Labute approximate surface area is 150 Å². The second kappa shape index (κ2) is 7.32. The minimum absolute atomic E-state index is 0.142. The summed E-state index contributed by atoms with van der Waals surface area (Å²) in [4.78, 5) is 25.4. The molecule has 10 heteroatoms. The van der Waals surface area contributed by atoms with E-state index < -0.39 is 26.7 Å². The monoisotopic (exact) mass is 381 g/mol. The van der Waals surface area contributed by atoms with Gasteiger partial charge in [-0.1, -0.05) is 5.16 Å². The molecule has 140 valence electrons. The van der Waals surface area contributed by atoms with E-state index in [9.17, 15) is 18.0 Å². The summed E-state index contributed by atoms with van der Waals surface area (Å²) in [5.41, 5.74) is 0.142. The van der Waals surface area contributed by atoms with Crippen LogP contribution in [0.3, 0.4) is 0 Å². The molecule has 26 heavy (non-hydrogen) atoms. The molecule has 0 aliphatic carbocycles. The largest absolute Gasteiger partial charge is 0.461 e. The van der Waals surface area contributed by atoms with Crippen molar-refractivity contribution in [3.05, 3.63) is 30.2 Å². The third-order valence-corrected chi connectivity index (χ3v) is 6.49. The molecular formula is C16H19N3O6S. The SMILES string of the molecule is CNC(=O)CS(=O)(=O)C1CCN(C(=O)c2cc(-c3ccco3)on2)CC1. The van der Waals surface area contributed by atoms with E-state index in [1.165, 1.54) is 24.3 Å². The minimum atomic E-state index is -3.53. The van der Waals surface area contributed by atoms with Gasteiger partial charge in [0.25, 0.3) is 5.91 Å². The number of carbonyl (C=O) groups excluding carboxylic acids is 2. The summed E-state index contributed by atoms with van der Waals surface area (Å²) in [5.74, 6) is -0.569. The van der Waals surface area contributed by atoms with Gasteiger partial charge in [0.1, 0.15) is 5.75 Å². The molecule has 3 heterocycles. The summed E-state index contributed by atoms with van der Waals surface area (Å²) in [6, 6.07) is 4.89. The molecule has 0 spiro atoms. The summed E-state index contributed by atoms with van der Waals surface area (Å²) in [6.07, 6.45) is 2.06. The van der Waals surface area contributed by atoms with Crippen molar-refractivity contribution in [2.75, 3.05) is 25.9 Å². The van der Waals surface area contributed by atoms with Gasteiger partial charge in [0.2, 0.25) is 11.7 Å². The van der Waals surface area contributed by atoms with Crippen molar-refractivity contribution in [3.63, 3.8) is 0 Å². The second-order valence-electron chi connectivity index (χ2n) is 6.03. The fourth-order valence-electron chi connectivity index (χ4n) is 2.86. The molecule has 0 saturated carbocycles. The van der Waals surface area contributed by atoms with Crippen molar-refractivity contribution in [1.82, 2.24) is 15.4 Å². The number of nitrogens with one attached hydrogen (secondary N) is 1. The van der Waals surface area contributed by atoms with Gasteiger partial charge in [-0.15, -0.1) is 0 Å². The number of rotatable bonds is 5. The van der Waals surface area contributed by atoms with Crippen LogP contribution in [-0.2, 0) is 14.6 Å². The van der Waals surface area contributed by atoms with Crippen LogP contribution in [0.5, 0.6) is 0 Å². The van der Waals surface area contributed by atoms with Gasteiger partial charge in [-0.3, -0.25) is 9.59 Å². The highest BCUT2D eigenvalue weighted by Crippen LogP contribution is 2.23. The normalized spacial score (nSPS) is 15.8. The Bertz CT molecular complexity index is 879. The van der Waals surface area contributed by atoms with Crippen LogP contribution in [-0.4, -0.2) is 61.4 Å². The van der Waals surface area contributed by atoms with Crippen molar-refractivity contribution < 1.29 is 26.9 Å². The molecule has 9 nitrogen and oxygen atoms in total. The fraction of sp³-hybridized carbons (Fsp3) is 0.438. The number of carbonyl (C=O) groups is 2. The first-order chi connectivity index (χ1) is 12.4. The minimum Gasteiger partial charge on any atom is -0.461 e. The van der Waals surface area contributed by atoms with E-state index in [1.54, 1.807) is 12.1 Å². The number of furan rings is 1. The fourth-order valence-corrected chi connectivity index (χ4v) is 4.54. The van der Waals surface area contributed by atoms with E-state index in [1.807, 2.05) is 0 Å². The summed E-state index contributed by atoms with van der Waals surface area (Å²) < 4.78 is 34.8. The van der Waals surface area contributed by atoms with Crippen LogP contribution >= 0.6 is 0 Å². The summed E-state index contributed by atoms with van der Waals surface area (Å²) in [7, 11) is -2.13. The van der Waals surface area contributed by atoms with Gasteiger partial charge >= 0.3 is 0 Å². The predicted octanol–water partition coefficient (Wildman–Crippen LogP) is 0.700.